The molecule has 0 saturated heterocycles. The molecule has 18 heavy (non-hydrogen) atoms. The van der Waals surface area contributed by atoms with Gasteiger partial charge in [-0.1, -0.05) is 24.3 Å². The van der Waals surface area contributed by atoms with Crippen molar-refractivity contribution in [3.05, 3.63) is 66.1 Å². The Morgan fingerprint density at radius 1 is 1.06 bits per heavy atom. The van der Waals surface area contributed by atoms with E-state index >= 15 is 0 Å². The molecule has 3 rings (SSSR count). The second-order valence-electron chi connectivity index (χ2n) is 4.17. The lowest BCUT2D eigenvalue weighted by atomic mass is 10.2. The maximum Gasteiger partial charge on any atom is 0.166 e. The van der Waals surface area contributed by atoms with Gasteiger partial charge in [0.15, 0.2) is 6.29 Å². The minimum atomic E-state index is 0.617. The molecule has 0 saturated carbocycles. The van der Waals surface area contributed by atoms with Crippen LogP contribution in [0.2, 0.25) is 0 Å². The smallest absolute Gasteiger partial charge is 0.166 e. The van der Waals surface area contributed by atoms with Crippen LogP contribution in [0.5, 0.6) is 0 Å². The molecule has 0 aliphatic heterocycles. The van der Waals surface area contributed by atoms with Crippen LogP contribution in [0.25, 0.3) is 10.9 Å². The highest BCUT2D eigenvalue weighted by Gasteiger charge is 2.02. The van der Waals surface area contributed by atoms with Crippen LogP contribution < -0.4 is 0 Å². The summed E-state index contributed by atoms with van der Waals surface area (Å²) < 4.78 is 1.89. The minimum Gasteiger partial charge on any atom is -0.339 e. The summed E-state index contributed by atoms with van der Waals surface area (Å²) in [6.07, 6.45) is 2.75. The molecule has 0 amide bonds. The van der Waals surface area contributed by atoms with Crippen molar-refractivity contribution >= 4 is 17.2 Å². The van der Waals surface area contributed by atoms with Crippen LogP contribution in [-0.4, -0.2) is 15.8 Å². The molecule has 3 aromatic rings. The molecule has 0 spiro atoms. The first kappa shape index (κ1) is 10.7. The SMILES string of the molecule is O=Cc1cccn1Cc1ccc2ccccc2n1. The van der Waals surface area contributed by atoms with E-state index in [2.05, 4.69) is 11.1 Å². The Morgan fingerprint density at radius 3 is 2.83 bits per heavy atom. The van der Waals surface area contributed by atoms with Crippen LogP contribution in [0.4, 0.5) is 0 Å². The Labute approximate surface area is 105 Å². The van der Waals surface area contributed by atoms with E-state index in [1.54, 1.807) is 6.07 Å². The van der Waals surface area contributed by atoms with E-state index in [-0.39, 0.29) is 0 Å². The summed E-state index contributed by atoms with van der Waals surface area (Å²) in [5.74, 6) is 0. The molecule has 3 nitrogen and oxygen atoms in total. The molecule has 0 N–H and O–H groups in total. The first-order chi connectivity index (χ1) is 8.86. The highest BCUT2D eigenvalue weighted by molar-refractivity contribution is 5.78. The molecule has 0 atom stereocenters. The fraction of sp³-hybridized carbons (Fsp3) is 0.0667. The monoisotopic (exact) mass is 236 g/mol. The number of aldehydes is 1. The zero-order chi connectivity index (χ0) is 12.4. The van der Waals surface area contributed by atoms with Crippen LogP contribution in [0.1, 0.15) is 16.2 Å². The molecule has 2 aromatic heterocycles. The van der Waals surface area contributed by atoms with Gasteiger partial charge in [-0.3, -0.25) is 9.78 Å². The van der Waals surface area contributed by atoms with Crippen molar-refractivity contribution in [3.8, 4) is 0 Å². The summed E-state index contributed by atoms with van der Waals surface area (Å²) in [6.45, 7) is 0.617. The van der Waals surface area contributed by atoms with E-state index in [1.165, 1.54) is 0 Å². The standard InChI is InChI=1S/C15H12N2O/c18-11-14-5-3-9-17(14)10-13-8-7-12-4-1-2-6-15(12)16-13/h1-9,11H,10H2. The van der Waals surface area contributed by atoms with Gasteiger partial charge in [0.1, 0.15) is 0 Å². The average Bonchev–Trinajstić information content (AvgIpc) is 2.86. The Balaban J connectivity index is 1.97. The average molecular weight is 236 g/mol. The van der Waals surface area contributed by atoms with Crippen molar-refractivity contribution in [3.63, 3.8) is 0 Å². The van der Waals surface area contributed by atoms with Gasteiger partial charge in [-0.25, -0.2) is 0 Å². The lowest BCUT2D eigenvalue weighted by Crippen LogP contribution is -2.03. The number of aromatic nitrogens is 2. The maximum absolute atomic E-state index is 10.8. The summed E-state index contributed by atoms with van der Waals surface area (Å²) >= 11 is 0. The molecule has 0 fully saturated rings. The number of rotatable bonds is 3. The molecule has 3 heteroatoms. The van der Waals surface area contributed by atoms with Gasteiger partial charge in [-0.15, -0.1) is 0 Å². The first-order valence-electron chi connectivity index (χ1n) is 5.82. The fourth-order valence-electron chi connectivity index (χ4n) is 2.05. The highest BCUT2D eigenvalue weighted by Crippen LogP contribution is 2.13. The number of pyridine rings is 1. The predicted octanol–water partition coefficient (Wildman–Crippen LogP) is 2.90. The van der Waals surface area contributed by atoms with Crippen LogP contribution in [0, 0.1) is 0 Å². The van der Waals surface area contributed by atoms with Gasteiger partial charge in [0, 0.05) is 11.6 Å². The van der Waals surface area contributed by atoms with Gasteiger partial charge < -0.3 is 4.57 Å². The molecular formula is C15H12N2O. The molecule has 1 aromatic carbocycles. The largest absolute Gasteiger partial charge is 0.339 e. The van der Waals surface area contributed by atoms with Crippen LogP contribution in [0.15, 0.2) is 54.7 Å². The first-order valence-corrected chi connectivity index (χ1v) is 5.82. The number of carbonyl (C=O) groups is 1. The number of carbonyl (C=O) groups excluding carboxylic acids is 1. The van der Waals surface area contributed by atoms with Crippen molar-refractivity contribution in [2.24, 2.45) is 0 Å². The van der Waals surface area contributed by atoms with Gasteiger partial charge in [-0.2, -0.15) is 0 Å². The Hall–Kier alpha value is -2.42. The van der Waals surface area contributed by atoms with Gasteiger partial charge in [-0.05, 0) is 24.3 Å². The molecule has 0 unspecified atom stereocenters. The molecule has 0 aliphatic rings. The van der Waals surface area contributed by atoms with Crippen molar-refractivity contribution in [1.29, 1.82) is 0 Å². The molecular weight excluding hydrogens is 224 g/mol. The maximum atomic E-state index is 10.8. The summed E-state index contributed by atoms with van der Waals surface area (Å²) in [5.41, 5.74) is 2.60. The Kier molecular flexibility index (Phi) is 2.65. The molecule has 2 heterocycles. The highest BCUT2D eigenvalue weighted by atomic mass is 16.1. The Bertz CT molecular complexity index is 700. The van der Waals surface area contributed by atoms with Crippen molar-refractivity contribution < 1.29 is 4.79 Å². The third kappa shape index (κ3) is 1.91. The van der Waals surface area contributed by atoms with Gasteiger partial charge in [0.05, 0.1) is 23.4 Å². The number of hydrogen-bond donors (Lipinski definition) is 0. The zero-order valence-corrected chi connectivity index (χ0v) is 9.78. The van der Waals surface area contributed by atoms with E-state index in [0.29, 0.717) is 12.2 Å². The summed E-state index contributed by atoms with van der Waals surface area (Å²) in [4.78, 5) is 15.4. The summed E-state index contributed by atoms with van der Waals surface area (Å²) in [7, 11) is 0. The lowest BCUT2D eigenvalue weighted by Gasteiger charge is -2.06. The van der Waals surface area contributed by atoms with Crippen molar-refractivity contribution in [2.75, 3.05) is 0 Å². The quantitative estimate of drug-likeness (QED) is 0.655. The van der Waals surface area contributed by atoms with Gasteiger partial charge in [0.25, 0.3) is 0 Å². The predicted molar refractivity (Wildman–Crippen MR) is 70.7 cm³/mol. The van der Waals surface area contributed by atoms with Crippen molar-refractivity contribution in [1.82, 2.24) is 9.55 Å². The number of hydrogen-bond acceptors (Lipinski definition) is 2. The fourth-order valence-corrected chi connectivity index (χ4v) is 2.05. The van der Waals surface area contributed by atoms with Gasteiger partial charge >= 0.3 is 0 Å². The number of benzene rings is 1. The second kappa shape index (κ2) is 4.45. The molecule has 0 aliphatic carbocycles. The van der Waals surface area contributed by atoms with E-state index in [1.807, 2.05) is 47.2 Å². The topological polar surface area (TPSA) is 34.9 Å². The van der Waals surface area contributed by atoms with Gasteiger partial charge in [0.2, 0.25) is 0 Å². The number of fused-ring (bicyclic) bond motifs is 1. The van der Waals surface area contributed by atoms with Crippen LogP contribution in [0.3, 0.4) is 0 Å². The van der Waals surface area contributed by atoms with Crippen molar-refractivity contribution in [2.45, 2.75) is 6.54 Å². The summed E-state index contributed by atoms with van der Waals surface area (Å²) in [6, 6.07) is 15.7. The second-order valence-corrected chi connectivity index (χ2v) is 4.17. The van der Waals surface area contributed by atoms with E-state index in [9.17, 15) is 4.79 Å². The summed E-state index contributed by atoms with van der Waals surface area (Å²) in [5, 5.41) is 1.13. The van der Waals surface area contributed by atoms with E-state index in [0.717, 1.165) is 22.9 Å². The minimum absolute atomic E-state index is 0.617. The molecule has 0 bridgehead atoms. The number of para-hydroxylation sites is 1. The normalized spacial score (nSPS) is 10.7. The number of nitrogens with zero attached hydrogens (tertiary/aromatic N) is 2. The molecule has 88 valence electrons. The third-order valence-corrected chi connectivity index (χ3v) is 2.97. The van der Waals surface area contributed by atoms with Crippen LogP contribution >= 0.6 is 0 Å². The van der Waals surface area contributed by atoms with Crippen LogP contribution in [-0.2, 0) is 6.54 Å². The zero-order valence-electron chi connectivity index (χ0n) is 9.78. The lowest BCUT2D eigenvalue weighted by molar-refractivity contribution is 0.111. The molecule has 0 radical (unpaired) electrons. The third-order valence-electron chi connectivity index (χ3n) is 2.97. The Morgan fingerprint density at radius 2 is 1.94 bits per heavy atom. The van der Waals surface area contributed by atoms with E-state index < -0.39 is 0 Å². The van der Waals surface area contributed by atoms with E-state index in [4.69, 9.17) is 0 Å².